The first-order chi connectivity index (χ1) is 8.74. The summed E-state index contributed by atoms with van der Waals surface area (Å²) in [6.07, 6.45) is 5.72. The van der Waals surface area contributed by atoms with Crippen LogP contribution in [0.15, 0.2) is 12.1 Å². The first-order valence-electron chi connectivity index (χ1n) is 6.80. The number of thioether (sulfide) groups is 1. The Balaban J connectivity index is 1.53. The second kappa shape index (κ2) is 7.78. The summed E-state index contributed by atoms with van der Waals surface area (Å²) < 4.78 is 0.886. The molecule has 1 aliphatic rings. The van der Waals surface area contributed by atoms with Crippen molar-refractivity contribution >= 4 is 34.7 Å². The van der Waals surface area contributed by atoms with E-state index >= 15 is 0 Å². The SMILES string of the molecule is CC1CCCC(SCCNCc2ccc(Cl)s2)C1. The van der Waals surface area contributed by atoms with Gasteiger partial charge in [-0.05, 0) is 30.9 Å². The Bertz CT molecular complexity index is 353. The molecule has 0 saturated heterocycles. The van der Waals surface area contributed by atoms with Gasteiger partial charge in [-0.2, -0.15) is 11.8 Å². The lowest BCUT2D eigenvalue weighted by molar-refractivity contribution is 0.394. The van der Waals surface area contributed by atoms with Crippen LogP contribution in [0.5, 0.6) is 0 Å². The van der Waals surface area contributed by atoms with Crippen LogP contribution in [-0.4, -0.2) is 17.5 Å². The maximum atomic E-state index is 5.90. The minimum absolute atomic E-state index is 0.886. The van der Waals surface area contributed by atoms with Gasteiger partial charge in [0.2, 0.25) is 0 Å². The topological polar surface area (TPSA) is 12.0 Å². The molecule has 1 fully saturated rings. The zero-order chi connectivity index (χ0) is 12.8. The molecule has 0 amide bonds. The van der Waals surface area contributed by atoms with Crippen molar-refractivity contribution in [3.8, 4) is 0 Å². The zero-order valence-corrected chi connectivity index (χ0v) is 13.3. The van der Waals surface area contributed by atoms with E-state index in [1.165, 1.54) is 36.3 Å². The monoisotopic (exact) mass is 303 g/mol. The molecule has 1 N–H and O–H groups in total. The van der Waals surface area contributed by atoms with Crippen LogP contribution >= 0.6 is 34.7 Å². The van der Waals surface area contributed by atoms with Crippen LogP contribution in [0.2, 0.25) is 4.34 Å². The highest BCUT2D eigenvalue weighted by atomic mass is 35.5. The molecular weight excluding hydrogens is 282 g/mol. The average molecular weight is 304 g/mol. The highest BCUT2D eigenvalue weighted by molar-refractivity contribution is 7.99. The van der Waals surface area contributed by atoms with Crippen LogP contribution in [0.25, 0.3) is 0 Å². The molecule has 0 aliphatic heterocycles. The van der Waals surface area contributed by atoms with Gasteiger partial charge in [0.1, 0.15) is 0 Å². The van der Waals surface area contributed by atoms with E-state index in [1.54, 1.807) is 11.3 Å². The fourth-order valence-electron chi connectivity index (χ4n) is 2.49. The Morgan fingerprint density at radius 2 is 2.33 bits per heavy atom. The largest absolute Gasteiger partial charge is 0.311 e. The molecule has 2 rings (SSSR count). The lowest BCUT2D eigenvalue weighted by Gasteiger charge is -2.26. The maximum Gasteiger partial charge on any atom is 0.0931 e. The van der Waals surface area contributed by atoms with E-state index in [0.29, 0.717) is 0 Å². The molecule has 1 aromatic heterocycles. The Morgan fingerprint density at radius 3 is 3.06 bits per heavy atom. The molecule has 4 heteroatoms. The summed E-state index contributed by atoms with van der Waals surface area (Å²) in [6.45, 7) is 4.45. The van der Waals surface area contributed by atoms with Gasteiger partial charge in [-0.3, -0.25) is 0 Å². The third-order valence-corrected chi connectivity index (χ3v) is 6.02. The molecule has 0 spiro atoms. The molecule has 2 unspecified atom stereocenters. The second-order valence-electron chi connectivity index (χ2n) is 5.15. The van der Waals surface area contributed by atoms with Gasteiger partial charge < -0.3 is 5.32 Å². The first-order valence-corrected chi connectivity index (χ1v) is 9.05. The molecule has 102 valence electrons. The molecule has 18 heavy (non-hydrogen) atoms. The van der Waals surface area contributed by atoms with Gasteiger partial charge in [-0.15, -0.1) is 11.3 Å². The van der Waals surface area contributed by atoms with Crippen LogP contribution in [0, 0.1) is 5.92 Å². The predicted octanol–water partition coefficient (Wildman–Crippen LogP) is 4.80. The van der Waals surface area contributed by atoms with Gasteiger partial charge in [-0.1, -0.05) is 31.4 Å². The summed E-state index contributed by atoms with van der Waals surface area (Å²) >= 11 is 9.73. The Morgan fingerprint density at radius 1 is 1.44 bits per heavy atom. The maximum absolute atomic E-state index is 5.90. The highest BCUT2D eigenvalue weighted by Gasteiger charge is 2.18. The van der Waals surface area contributed by atoms with Crippen molar-refractivity contribution in [3.05, 3.63) is 21.3 Å². The first kappa shape index (κ1) is 14.7. The molecule has 1 aliphatic carbocycles. The number of rotatable bonds is 6. The van der Waals surface area contributed by atoms with E-state index in [1.807, 2.05) is 6.07 Å². The van der Waals surface area contributed by atoms with Gasteiger partial charge >= 0.3 is 0 Å². The minimum atomic E-state index is 0.886. The Kier molecular flexibility index (Phi) is 6.36. The van der Waals surface area contributed by atoms with Crippen molar-refractivity contribution in [2.45, 2.75) is 44.4 Å². The van der Waals surface area contributed by atoms with E-state index < -0.39 is 0 Å². The van der Waals surface area contributed by atoms with Gasteiger partial charge in [0.15, 0.2) is 0 Å². The van der Waals surface area contributed by atoms with E-state index in [2.05, 4.69) is 30.1 Å². The van der Waals surface area contributed by atoms with Gasteiger partial charge in [0.25, 0.3) is 0 Å². The highest BCUT2D eigenvalue weighted by Crippen LogP contribution is 2.31. The number of hydrogen-bond donors (Lipinski definition) is 1. The molecule has 1 aromatic rings. The quantitative estimate of drug-likeness (QED) is 0.757. The summed E-state index contributed by atoms with van der Waals surface area (Å²) in [5, 5.41) is 4.41. The van der Waals surface area contributed by atoms with E-state index in [0.717, 1.165) is 28.6 Å². The van der Waals surface area contributed by atoms with Crippen LogP contribution in [0.1, 0.15) is 37.5 Å². The third kappa shape index (κ3) is 5.12. The molecule has 0 bridgehead atoms. The van der Waals surface area contributed by atoms with Gasteiger partial charge in [-0.25, -0.2) is 0 Å². The molecule has 1 saturated carbocycles. The third-order valence-electron chi connectivity index (χ3n) is 3.45. The number of hydrogen-bond acceptors (Lipinski definition) is 3. The lowest BCUT2D eigenvalue weighted by atomic mass is 9.91. The summed E-state index contributed by atoms with van der Waals surface area (Å²) in [5.74, 6) is 2.17. The van der Waals surface area contributed by atoms with Crippen LogP contribution in [0.4, 0.5) is 0 Å². The second-order valence-corrected chi connectivity index (χ2v) is 8.36. The number of halogens is 1. The smallest absolute Gasteiger partial charge is 0.0931 e. The summed E-state index contributed by atoms with van der Waals surface area (Å²) in [5.41, 5.74) is 0. The van der Waals surface area contributed by atoms with Gasteiger partial charge in [0.05, 0.1) is 4.34 Å². The fourth-order valence-corrected chi connectivity index (χ4v) is 4.94. The normalized spacial score (nSPS) is 24.3. The standard InChI is InChI=1S/C14H22ClNS2/c1-11-3-2-4-12(9-11)17-8-7-16-10-13-5-6-14(15)18-13/h5-6,11-12,16H,2-4,7-10H2,1H3. The number of nitrogens with one attached hydrogen (secondary N) is 1. The van der Waals surface area contributed by atoms with Crippen LogP contribution < -0.4 is 5.32 Å². The van der Waals surface area contributed by atoms with Crippen molar-refractivity contribution in [2.75, 3.05) is 12.3 Å². The molecule has 1 heterocycles. The predicted molar refractivity (Wildman–Crippen MR) is 84.9 cm³/mol. The van der Waals surface area contributed by atoms with Crippen LogP contribution in [0.3, 0.4) is 0 Å². The summed E-state index contributed by atoms with van der Waals surface area (Å²) in [7, 11) is 0. The Hall–Kier alpha value is 0.300. The summed E-state index contributed by atoms with van der Waals surface area (Å²) in [4.78, 5) is 1.33. The van der Waals surface area contributed by atoms with Crippen molar-refractivity contribution in [3.63, 3.8) is 0 Å². The van der Waals surface area contributed by atoms with E-state index in [4.69, 9.17) is 11.6 Å². The zero-order valence-electron chi connectivity index (χ0n) is 11.0. The fraction of sp³-hybridized carbons (Fsp3) is 0.714. The van der Waals surface area contributed by atoms with Gasteiger partial charge in [0, 0.05) is 29.0 Å². The minimum Gasteiger partial charge on any atom is -0.311 e. The van der Waals surface area contributed by atoms with Crippen molar-refractivity contribution in [1.29, 1.82) is 0 Å². The molecule has 0 aromatic carbocycles. The lowest BCUT2D eigenvalue weighted by Crippen LogP contribution is -2.20. The molecule has 2 atom stereocenters. The van der Waals surface area contributed by atoms with Crippen molar-refractivity contribution < 1.29 is 0 Å². The Labute approximate surface area is 124 Å². The number of thiophene rings is 1. The van der Waals surface area contributed by atoms with Crippen molar-refractivity contribution in [1.82, 2.24) is 5.32 Å². The molecular formula is C14H22ClNS2. The summed E-state index contributed by atoms with van der Waals surface area (Å²) in [6, 6.07) is 4.08. The van der Waals surface area contributed by atoms with Crippen molar-refractivity contribution in [2.24, 2.45) is 5.92 Å². The average Bonchev–Trinajstić information content (AvgIpc) is 2.75. The van der Waals surface area contributed by atoms with E-state index in [9.17, 15) is 0 Å². The van der Waals surface area contributed by atoms with Crippen LogP contribution in [-0.2, 0) is 6.54 Å². The molecule has 1 nitrogen and oxygen atoms in total. The molecule has 0 radical (unpaired) electrons. The van der Waals surface area contributed by atoms with E-state index in [-0.39, 0.29) is 0 Å².